The average molecular weight is 338 g/mol. The smallest absolute Gasteiger partial charge is 0.315 e. The fourth-order valence-corrected chi connectivity index (χ4v) is 2.90. The number of amides is 3. The third kappa shape index (κ3) is 4.56. The second-order valence-corrected chi connectivity index (χ2v) is 6.28. The van der Waals surface area contributed by atoms with Gasteiger partial charge in [-0.25, -0.2) is 4.79 Å². The zero-order chi connectivity index (χ0) is 17.6. The van der Waals surface area contributed by atoms with Crippen LogP contribution in [-0.4, -0.2) is 41.5 Å². The van der Waals surface area contributed by atoms with Crippen LogP contribution in [0.15, 0.2) is 48.8 Å². The Kier molecular flexibility index (Phi) is 5.28. The first kappa shape index (κ1) is 17.0. The van der Waals surface area contributed by atoms with Gasteiger partial charge >= 0.3 is 6.03 Å². The first-order valence-electron chi connectivity index (χ1n) is 8.39. The van der Waals surface area contributed by atoms with Crippen molar-refractivity contribution in [3.8, 4) is 11.1 Å². The van der Waals surface area contributed by atoms with Gasteiger partial charge in [0, 0.05) is 45.0 Å². The molecule has 1 fully saturated rings. The number of likely N-dealkylation sites (tertiary alicyclic amines) is 1. The van der Waals surface area contributed by atoms with Crippen molar-refractivity contribution in [3.63, 3.8) is 0 Å². The summed E-state index contributed by atoms with van der Waals surface area (Å²) in [5.74, 6) is 0.132. The Balaban J connectivity index is 1.48. The lowest BCUT2D eigenvalue weighted by atomic mass is 10.1. The van der Waals surface area contributed by atoms with Crippen LogP contribution in [0.1, 0.15) is 18.4 Å². The summed E-state index contributed by atoms with van der Waals surface area (Å²) in [7, 11) is 1.76. The van der Waals surface area contributed by atoms with Gasteiger partial charge in [0.2, 0.25) is 5.91 Å². The lowest BCUT2D eigenvalue weighted by Gasteiger charge is -2.30. The molecule has 0 saturated carbocycles. The molecule has 0 radical (unpaired) electrons. The molecule has 2 aromatic rings. The van der Waals surface area contributed by atoms with Crippen molar-refractivity contribution in [2.75, 3.05) is 13.6 Å². The number of aromatic nitrogens is 1. The summed E-state index contributed by atoms with van der Waals surface area (Å²) in [5, 5.41) is 5.79. The van der Waals surface area contributed by atoms with Gasteiger partial charge in [0.25, 0.3) is 0 Å². The molecule has 0 spiro atoms. The van der Waals surface area contributed by atoms with E-state index in [9.17, 15) is 9.59 Å². The molecule has 3 amide bonds. The third-order valence-corrected chi connectivity index (χ3v) is 4.36. The van der Waals surface area contributed by atoms with Crippen LogP contribution in [0.4, 0.5) is 4.79 Å². The van der Waals surface area contributed by atoms with Crippen LogP contribution in [0.5, 0.6) is 0 Å². The van der Waals surface area contributed by atoms with Crippen LogP contribution in [0, 0.1) is 0 Å². The SMILES string of the molecule is CN1C[C@@H](NC(=O)NCc2ccc(-c3cccnc3)cc2)CCC1=O. The number of nitrogens with zero attached hydrogens (tertiary/aromatic N) is 2. The highest BCUT2D eigenvalue weighted by atomic mass is 16.2. The predicted molar refractivity (Wildman–Crippen MR) is 95.7 cm³/mol. The number of likely N-dealkylation sites (N-methyl/N-ethyl adjacent to an activating group) is 1. The summed E-state index contributed by atoms with van der Waals surface area (Å²) in [5.41, 5.74) is 3.19. The Bertz CT molecular complexity index is 731. The van der Waals surface area contributed by atoms with Crippen molar-refractivity contribution in [2.24, 2.45) is 0 Å². The van der Waals surface area contributed by atoms with Crippen molar-refractivity contribution < 1.29 is 9.59 Å². The summed E-state index contributed by atoms with van der Waals surface area (Å²) >= 11 is 0. The van der Waals surface area contributed by atoms with Crippen LogP contribution in [0.3, 0.4) is 0 Å². The van der Waals surface area contributed by atoms with E-state index >= 15 is 0 Å². The Hall–Kier alpha value is -2.89. The van der Waals surface area contributed by atoms with Crippen molar-refractivity contribution in [1.82, 2.24) is 20.5 Å². The Morgan fingerprint density at radius 3 is 2.72 bits per heavy atom. The summed E-state index contributed by atoms with van der Waals surface area (Å²) in [4.78, 5) is 29.3. The first-order chi connectivity index (χ1) is 12.1. The minimum atomic E-state index is -0.205. The van der Waals surface area contributed by atoms with Crippen molar-refractivity contribution in [1.29, 1.82) is 0 Å². The van der Waals surface area contributed by atoms with E-state index in [0.717, 1.165) is 16.7 Å². The largest absolute Gasteiger partial charge is 0.344 e. The van der Waals surface area contributed by atoms with Gasteiger partial charge in [-0.3, -0.25) is 9.78 Å². The van der Waals surface area contributed by atoms with Gasteiger partial charge in [0.15, 0.2) is 0 Å². The zero-order valence-electron chi connectivity index (χ0n) is 14.2. The molecule has 3 rings (SSSR count). The number of carbonyl (C=O) groups is 2. The molecule has 0 bridgehead atoms. The molecule has 6 heteroatoms. The van der Waals surface area contributed by atoms with Gasteiger partial charge < -0.3 is 15.5 Å². The molecule has 2 N–H and O–H groups in total. The van der Waals surface area contributed by atoms with E-state index in [-0.39, 0.29) is 18.0 Å². The van der Waals surface area contributed by atoms with Crippen molar-refractivity contribution in [2.45, 2.75) is 25.4 Å². The number of rotatable bonds is 4. The van der Waals surface area contributed by atoms with Gasteiger partial charge in [-0.05, 0) is 29.2 Å². The number of hydrogen-bond donors (Lipinski definition) is 2. The first-order valence-corrected chi connectivity index (χ1v) is 8.39. The molecule has 1 aliphatic rings. The van der Waals surface area contributed by atoms with Crippen LogP contribution in [-0.2, 0) is 11.3 Å². The number of carbonyl (C=O) groups excluding carboxylic acids is 2. The Morgan fingerprint density at radius 2 is 2.04 bits per heavy atom. The standard InChI is InChI=1S/C19H22N4O2/c1-23-13-17(8-9-18(23)24)22-19(25)21-11-14-4-6-15(7-5-14)16-3-2-10-20-12-16/h2-7,10,12,17H,8-9,11,13H2,1H3,(H2,21,22,25)/t17-/m0/s1. The zero-order valence-corrected chi connectivity index (χ0v) is 14.2. The number of piperidine rings is 1. The number of urea groups is 1. The summed E-state index contributed by atoms with van der Waals surface area (Å²) in [6.07, 6.45) is 4.75. The van der Waals surface area contributed by atoms with E-state index in [1.807, 2.05) is 42.6 Å². The second kappa shape index (κ2) is 7.79. The minimum absolute atomic E-state index is 0.00987. The lowest BCUT2D eigenvalue weighted by Crippen LogP contribution is -2.50. The van der Waals surface area contributed by atoms with Gasteiger partial charge in [-0.15, -0.1) is 0 Å². The number of hydrogen-bond acceptors (Lipinski definition) is 3. The fourth-order valence-electron chi connectivity index (χ4n) is 2.90. The molecule has 6 nitrogen and oxygen atoms in total. The highest BCUT2D eigenvalue weighted by Gasteiger charge is 2.23. The quantitative estimate of drug-likeness (QED) is 0.897. The van der Waals surface area contributed by atoms with Gasteiger partial charge in [0.1, 0.15) is 0 Å². The van der Waals surface area contributed by atoms with Crippen LogP contribution >= 0.6 is 0 Å². The number of pyridine rings is 1. The molecule has 1 aromatic heterocycles. The maximum Gasteiger partial charge on any atom is 0.315 e. The Labute approximate surface area is 147 Å². The molecule has 0 aliphatic carbocycles. The molecule has 0 unspecified atom stereocenters. The number of nitrogens with one attached hydrogen (secondary N) is 2. The minimum Gasteiger partial charge on any atom is -0.344 e. The third-order valence-electron chi connectivity index (χ3n) is 4.36. The molecule has 130 valence electrons. The molecular weight excluding hydrogens is 316 g/mol. The normalized spacial score (nSPS) is 17.2. The van der Waals surface area contributed by atoms with Crippen molar-refractivity contribution >= 4 is 11.9 Å². The van der Waals surface area contributed by atoms with E-state index in [1.54, 1.807) is 18.1 Å². The average Bonchev–Trinajstić information content (AvgIpc) is 2.64. The Morgan fingerprint density at radius 1 is 1.24 bits per heavy atom. The van der Waals surface area contributed by atoms with Crippen LogP contribution in [0.25, 0.3) is 11.1 Å². The maximum absolute atomic E-state index is 12.0. The van der Waals surface area contributed by atoms with E-state index in [1.165, 1.54) is 0 Å². The second-order valence-electron chi connectivity index (χ2n) is 6.28. The lowest BCUT2D eigenvalue weighted by molar-refractivity contribution is -0.132. The topological polar surface area (TPSA) is 74.3 Å². The van der Waals surface area contributed by atoms with E-state index in [4.69, 9.17) is 0 Å². The molecular formula is C19H22N4O2. The molecule has 1 saturated heterocycles. The van der Waals surface area contributed by atoms with Crippen molar-refractivity contribution in [3.05, 3.63) is 54.4 Å². The fraction of sp³-hybridized carbons (Fsp3) is 0.316. The predicted octanol–water partition coefficient (Wildman–Crippen LogP) is 2.17. The summed E-state index contributed by atoms with van der Waals surface area (Å²) < 4.78 is 0. The molecule has 25 heavy (non-hydrogen) atoms. The van der Waals surface area contributed by atoms with Crippen LogP contribution < -0.4 is 10.6 Å². The highest BCUT2D eigenvalue weighted by Crippen LogP contribution is 2.18. The van der Waals surface area contributed by atoms with E-state index in [2.05, 4.69) is 15.6 Å². The summed E-state index contributed by atoms with van der Waals surface area (Å²) in [6.45, 7) is 1.02. The van der Waals surface area contributed by atoms with Gasteiger partial charge in [-0.2, -0.15) is 0 Å². The molecule has 1 aromatic carbocycles. The van der Waals surface area contributed by atoms with E-state index in [0.29, 0.717) is 25.9 Å². The van der Waals surface area contributed by atoms with Gasteiger partial charge in [0.05, 0.1) is 0 Å². The molecule has 1 aliphatic heterocycles. The summed E-state index contributed by atoms with van der Waals surface area (Å²) in [6, 6.07) is 11.8. The van der Waals surface area contributed by atoms with Gasteiger partial charge in [-0.1, -0.05) is 30.3 Å². The van der Waals surface area contributed by atoms with Crippen LogP contribution in [0.2, 0.25) is 0 Å². The monoisotopic (exact) mass is 338 g/mol. The molecule has 1 atom stereocenters. The molecule has 2 heterocycles. The van der Waals surface area contributed by atoms with E-state index < -0.39 is 0 Å². The number of benzene rings is 1. The maximum atomic E-state index is 12.0. The highest BCUT2D eigenvalue weighted by molar-refractivity contribution is 5.78.